The van der Waals surface area contributed by atoms with Crippen LogP contribution >= 0.6 is 34.0 Å². The third kappa shape index (κ3) is 2.59. The molecule has 0 unspecified atom stereocenters. The number of pyridine rings is 1. The van der Waals surface area contributed by atoms with Gasteiger partial charge in [0.15, 0.2) is 11.9 Å². The normalized spacial score (nSPS) is 10.7. The Balaban J connectivity index is 0.00000132. The fourth-order valence-electron chi connectivity index (χ4n) is 2.35. The Morgan fingerprint density at radius 1 is 0.952 bits per heavy atom. The number of thiazole rings is 1. The van der Waals surface area contributed by atoms with Crippen LogP contribution in [0.4, 0.5) is 0 Å². The number of aryl methyl sites for hydroxylation is 1. The summed E-state index contributed by atoms with van der Waals surface area (Å²) in [6.45, 7) is 2.17. The molecule has 0 aliphatic heterocycles. The molecule has 0 bridgehead atoms. The topological polar surface area (TPSA) is 4.10 Å². The van der Waals surface area contributed by atoms with Crippen molar-refractivity contribution in [2.45, 2.75) is 6.92 Å². The first-order chi connectivity index (χ1) is 9.83. The monoisotopic (exact) mass is 393 g/mol. The molecule has 0 saturated heterocycles. The number of nitrogens with zero attached hydrogens (tertiary/aromatic N) is 1. The van der Waals surface area contributed by atoms with E-state index in [4.69, 9.17) is 0 Å². The van der Waals surface area contributed by atoms with Crippen LogP contribution in [0.5, 0.6) is 0 Å². The smallest absolute Gasteiger partial charge is 0.276 e. The molecule has 1 nitrogen and oxygen atoms in total. The van der Waals surface area contributed by atoms with Gasteiger partial charge in [0.05, 0.1) is 16.5 Å². The lowest BCUT2D eigenvalue weighted by molar-refractivity contribution is -0.514. The number of thiophene rings is 2. The molecule has 106 valence electrons. The minimum Gasteiger partial charge on any atom is -1.00 e. The summed E-state index contributed by atoms with van der Waals surface area (Å²) in [7, 11) is 0. The predicted octanol–water partition coefficient (Wildman–Crippen LogP) is 2.26. The average molecular weight is 394 g/mol. The van der Waals surface area contributed by atoms with Gasteiger partial charge < -0.3 is 17.0 Å². The van der Waals surface area contributed by atoms with Crippen molar-refractivity contribution >= 4 is 38.8 Å². The van der Waals surface area contributed by atoms with Crippen LogP contribution in [0, 0.1) is 6.92 Å². The lowest BCUT2D eigenvalue weighted by Crippen LogP contribution is -3.00. The van der Waals surface area contributed by atoms with E-state index in [-0.39, 0.29) is 17.0 Å². The summed E-state index contributed by atoms with van der Waals surface area (Å²) < 4.78 is 2.31. The molecular formula is C16H12BrNS3. The molecule has 21 heavy (non-hydrogen) atoms. The van der Waals surface area contributed by atoms with Crippen molar-refractivity contribution in [3.05, 3.63) is 58.4 Å². The van der Waals surface area contributed by atoms with Gasteiger partial charge in [-0.3, -0.25) is 0 Å². The predicted molar refractivity (Wildman–Crippen MR) is 88.8 cm³/mol. The summed E-state index contributed by atoms with van der Waals surface area (Å²) in [4.78, 5) is 3.98. The largest absolute Gasteiger partial charge is 1.00 e. The molecule has 0 N–H and O–H groups in total. The molecule has 0 saturated carbocycles. The maximum atomic E-state index is 2.32. The Morgan fingerprint density at radius 2 is 1.67 bits per heavy atom. The van der Waals surface area contributed by atoms with Crippen LogP contribution < -0.4 is 21.4 Å². The van der Waals surface area contributed by atoms with Gasteiger partial charge in [-0.25, -0.2) is 0 Å². The summed E-state index contributed by atoms with van der Waals surface area (Å²) >= 11 is 5.41. The van der Waals surface area contributed by atoms with E-state index in [2.05, 4.69) is 64.0 Å². The van der Waals surface area contributed by atoms with Crippen LogP contribution in [0.25, 0.3) is 25.7 Å². The Bertz CT molecular complexity index is 861. The molecular weight excluding hydrogens is 382 g/mol. The molecule has 0 aliphatic rings. The highest BCUT2D eigenvalue weighted by Gasteiger charge is 2.19. The van der Waals surface area contributed by atoms with Crippen molar-refractivity contribution in [3.63, 3.8) is 0 Å². The highest BCUT2D eigenvalue weighted by Crippen LogP contribution is 2.34. The van der Waals surface area contributed by atoms with Crippen molar-refractivity contribution < 1.29 is 21.4 Å². The maximum absolute atomic E-state index is 2.32. The first-order valence-electron chi connectivity index (χ1n) is 6.34. The summed E-state index contributed by atoms with van der Waals surface area (Å²) in [6, 6.07) is 10.9. The van der Waals surface area contributed by atoms with E-state index in [9.17, 15) is 0 Å². The first kappa shape index (κ1) is 14.9. The van der Waals surface area contributed by atoms with E-state index < -0.39 is 0 Å². The zero-order valence-electron chi connectivity index (χ0n) is 11.2. The molecule has 0 aromatic carbocycles. The second-order valence-corrected chi connectivity index (χ2v) is 7.40. The van der Waals surface area contributed by atoms with E-state index in [1.165, 1.54) is 31.4 Å². The number of fused-ring (bicyclic) bond motifs is 1. The first-order valence-corrected chi connectivity index (χ1v) is 8.98. The Labute approximate surface area is 145 Å². The van der Waals surface area contributed by atoms with Crippen molar-refractivity contribution in [3.8, 4) is 20.9 Å². The van der Waals surface area contributed by atoms with Crippen LogP contribution in [0.2, 0.25) is 0 Å². The number of halogens is 1. The van der Waals surface area contributed by atoms with Crippen molar-refractivity contribution in [1.82, 2.24) is 0 Å². The molecule has 4 aromatic heterocycles. The molecule has 0 radical (unpaired) electrons. The Hall–Kier alpha value is -1.01. The van der Waals surface area contributed by atoms with Crippen molar-refractivity contribution in [2.75, 3.05) is 0 Å². The van der Waals surface area contributed by atoms with Gasteiger partial charge in [-0.05, 0) is 29.0 Å². The molecule has 4 aromatic rings. The van der Waals surface area contributed by atoms with Crippen LogP contribution in [0.3, 0.4) is 0 Å². The third-order valence-corrected chi connectivity index (χ3v) is 6.25. The molecule has 0 atom stereocenters. The summed E-state index contributed by atoms with van der Waals surface area (Å²) in [5.74, 6) is 0. The number of rotatable bonds is 2. The van der Waals surface area contributed by atoms with Gasteiger partial charge in [-0.2, -0.15) is 4.40 Å². The van der Waals surface area contributed by atoms with E-state index >= 15 is 0 Å². The molecule has 0 spiro atoms. The van der Waals surface area contributed by atoms with E-state index in [1.54, 1.807) is 22.7 Å². The molecule has 0 fully saturated rings. The second-order valence-electron chi connectivity index (χ2n) is 4.65. The lowest BCUT2D eigenvalue weighted by Gasteiger charge is -2.00. The van der Waals surface area contributed by atoms with E-state index in [0.717, 1.165) is 0 Å². The molecule has 0 aliphatic carbocycles. The van der Waals surface area contributed by atoms with Gasteiger partial charge in [-0.1, -0.05) is 23.5 Å². The highest BCUT2D eigenvalue weighted by molar-refractivity contribution is 7.17. The fourth-order valence-corrected chi connectivity index (χ4v) is 4.87. The SMILES string of the molecule is Cc1csc2c(-c3cccs3)cc(-c3cccs3)c[n+]12.[Br-]. The van der Waals surface area contributed by atoms with Crippen molar-refractivity contribution in [2.24, 2.45) is 0 Å². The van der Waals surface area contributed by atoms with Gasteiger partial charge in [0.1, 0.15) is 0 Å². The Morgan fingerprint density at radius 3 is 2.33 bits per heavy atom. The quantitative estimate of drug-likeness (QED) is 0.460. The van der Waals surface area contributed by atoms with Gasteiger partial charge >= 0.3 is 0 Å². The lowest BCUT2D eigenvalue weighted by atomic mass is 10.1. The number of hydrogen-bond acceptors (Lipinski definition) is 3. The molecule has 4 heterocycles. The zero-order valence-corrected chi connectivity index (χ0v) is 15.3. The van der Waals surface area contributed by atoms with Crippen LogP contribution in [-0.2, 0) is 0 Å². The average Bonchev–Trinajstić information content (AvgIpc) is 3.20. The second kappa shape index (κ2) is 6.01. The summed E-state index contributed by atoms with van der Waals surface area (Å²) in [6.07, 6.45) is 2.25. The number of aromatic nitrogens is 1. The zero-order chi connectivity index (χ0) is 13.5. The number of hydrogen-bond donors (Lipinski definition) is 0. The van der Waals surface area contributed by atoms with Crippen LogP contribution in [0.15, 0.2) is 52.7 Å². The molecule has 5 heteroatoms. The van der Waals surface area contributed by atoms with Gasteiger partial charge in [0.25, 0.3) is 4.83 Å². The van der Waals surface area contributed by atoms with Crippen LogP contribution in [-0.4, -0.2) is 0 Å². The Kier molecular flexibility index (Phi) is 4.26. The van der Waals surface area contributed by atoms with Crippen molar-refractivity contribution in [1.29, 1.82) is 0 Å². The highest BCUT2D eigenvalue weighted by atomic mass is 79.9. The fraction of sp³-hybridized carbons (Fsp3) is 0.0625. The van der Waals surface area contributed by atoms with Gasteiger partial charge in [0, 0.05) is 16.7 Å². The minimum absolute atomic E-state index is 0. The standard InChI is InChI=1S/C16H12NS3.BrH/c1-11-10-20-16-13(15-5-3-7-19-15)8-12(9-17(11)16)14-4-2-6-18-14;/h2-10H,1H3;1H/q+1;/p-1. The maximum Gasteiger partial charge on any atom is 0.276 e. The minimum atomic E-state index is 0. The van der Waals surface area contributed by atoms with E-state index in [0.29, 0.717) is 0 Å². The summed E-state index contributed by atoms with van der Waals surface area (Å²) in [5.41, 5.74) is 3.92. The molecule has 4 rings (SSSR count). The summed E-state index contributed by atoms with van der Waals surface area (Å²) in [5, 5.41) is 6.50. The third-order valence-electron chi connectivity index (χ3n) is 3.33. The van der Waals surface area contributed by atoms with E-state index in [1.807, 2.05) is 11.3 Å². The molecule has 0 amide bonds. The van der Waals surface area contributed by atoms with Crippen LogP contribution in [0.1, 0.15) is 5.69 Å². The van der Waals surface area contributed by atoms with Gasteiger partial charge in [-0.15, -0.1) is 22.7 Å². The van der Waals surface area contributed by atoms with Gasteiger partial charge in [0.2, 0.25) is 0 Å².